The highest BCUT2D eigenvalue weighted by Crippen LogP contribution is 2.35. The van der Waals surface area contributed by atoms with Crippen LogP contribution in [0.1, 0.15) is 23.9 Å². The largest absolute Gasteiger partial charge is 0.447 e. The van der Waals surface area contributed by atoms with Gasteiger partial charge < -0.3 is 9.64 Å². The van der Waals surface area contributed by atoms with Gasteiger partial charge in [-0.15, -0.1) is 11.3 Å². The van der Waals surface area contributed by atoms with Crippen LogP contribution in [0.3, 0.4) is 0 Å². The number of cyclic esters (lactones) is 1. The SMILES string of the molecule is CCc1nc(N2CCc3c(cccc3N3CCOC3=O)C2)c2ccsc2n1. The van der Waals surface area contributed by atoms with E-state index in [9.17, 15) is 4.79 Å². The van der Waals surface area contributed by atoms with Gasteiger partial charge in [0.2, 0.25) is 0 Å². The number of aryl methyl sites for hydroxylation is 1. The second-order valence-corrected chi connectivity index (χ2v) is 7.70. The number of rotatable bonds is 3. The van der Waals surface area contributed by atoms with Crippen molar-refractivity contribution in [2.24, 2.45) is 0 Å². The van der Waals surface area contributed by atoms with Crippen molar-refractivity contribution in [2.45, 2.75) is 26.3 Å². The van der Waals surface area contributed by atoms with Crippen molar-refractivity contribution in [3.8, 4) is 0 Å². The first-order valence-corrected chi connectivity index (χ1v) is 10.2. The molecule has 7 heteroatoms. The zero-order valence-corrected chi connectivity index (χ0v) is 16.0. The zero-order chi connectivity index (χ0) is 18.4. The van der Waals surface area contributed by atoms with Crippen molar-refractivity contribution in [2.75, 3.05) is 29.5 Å². The molecule has 0 N–H and O–H groups in total. The fourth-order valence-corrected chi connectivity index (χ4v) is 4.69. The molecule has 2 aliphatic heterocycles. The summed E-state index contributed by atoms with van der Waals surface area (Å²) < 4.78 is 5.13. The smallest absolute Gasteiger partial charge is 0.414 e. The number of thiophene rings is 1. The molecule has 0 unspecified atom stereocenters. The van der Waals surface area contributed by atoms with Crippen LogP contribution in [-0.2, 0) is 24.1 Å². The molecule has 1 aromatic carbocycles. The first-order valence-electron chi connectivity index (χ1n) is 9.28. The highest BCUT2D eigenvalue weighted by molar-refractivity contribution is 7.16. The average molecular weight is 380 g/mol. The minimum Gasteiger partial charge on any atom is -0.447 e. The Hall–Kier alpha value is -2.67. The fraction of sp³-hybridized carbons (Fsp3) is 0.350. The summed E-state index contributed by atoms with van der Waals surface area (Å²) in [7, 11) is 0. The van der Waals surface area contributed by atoms with Crippen molar-refractivity contribution in [1.29, 1.82) is 0 Å². The second kappa shape index (κ2) is 6.49. The lowest BCUT2D eigenvalue weighted by Gasteiger charge is -2.32. The molecule has 0 atom stereocenters. The second-order valence-electron chi connectivity index (χ2n) is 6.81. The lowest BCUT2D eigenvalue weighted by atomic mass is 9.97. The van der Waals surface area contributed by atoms with Gasteiger partial charge in [0.25, 0.3) is 0 Å². The summed E-state index contributed by atoms with van der Waals surface area (Å²) >= 11 is 1.66. The standard InChI is InChI=1S/C20H20N4O2S/c1-2-17-21-18(15-7-11-27-19(15)22-17)23-8-6-14-13(12-23)4-3-5-16(14)24-9-10-26-20(24)25/h3-5,7,11H,2,6,8-10,12H2,1H3. The molecule has 0 bridgehead atoms. The van der Waals surface area contributed by atoms with Crippen LogP contribution in [0.2, 0.25) is 0 Å². The monoisotopic (exact) mass is 380 g/mol. The lowest BCUT2D eigenvalue weighted by molar-refractivity contribution is 0.181. The molecular weight excluding hydrogens is 360 g/mol. The van der Waals surface area contributed by atoms with Gasteiger partial charge in [-0.1, -0.05) is 19.1 Å². The van der Waals surface area contributed by atoms with Crippen LogP contribution in [0.15, 0.2) is 29.6 Å². The Balaban J connectivity index is 1.52. The summed E-state index contributed by atoms with van der Waals surface area (Å²) in [6.45, 7) is 4.84. The quantitative estimate of drug-likeness (QED) is 0.692. The number of hydrogen-bond donors (Lipinski definition) is 0. The molecule has 0 saturated carbocycles. The summed E-state index contributed by atoms with van der Waals surface area (Å²) in [6.07, 6.45) is 1.47. The summed E-state index contributed by atoms with van der Waals surface area (Å²) in [5.41, 5.74) is 3.49. The summed E-state index contributed by atoms with van der Waals surface area (Å²) in [5.74, 6) is 1.91. The maximum Gasteiger partial charge on any atom is 0.414 e. The van der Waals surface area contributed by atoms with Crippen molar-refractivity contribution >= 4 is 39.2 Å². The van der Waals surface area contributed by atoms with Gasteiger partial charge in [0.05, 0.1) is 17.6 Å². The van der Waals surface area contributed by atoms with E-state index in [1.807, 2.05) is 12.1 Å². The molecule has 6 nitrogen and oxygen atoms in total. The molecule has 2 aromatic heterocycles. The molecule has 0 aliphatic carbocycles. The van der Waals surface area contributed by atoms with Crippen LogP contribution < -0.4 is 9.80 Å². The molecule has 4 heterocycles. The predicted molar refractivity (Wildman–Crippen MR) is 107 cm³/mol. The first-order chi connectivity index (χ1) is 13.2. The van der Waals surface area contributed by atoms with E-state index in [1.54, 1.807) is 16.2 Å². The third-order valence-corrected chi connectivity index (χ3v) is 6.07. The Morgan fingerprint density at radius 1 is 1.22 bits per heavy atom. The Morgan fingerprint density at radius 2 is 2.15 bits per heavy atom. The van der Waals surface area contributed by atoms with Gasteiger partial charge in [-0.25, -0.2) is 14.8 Å². The molecule has 0 spiro atoms. The Morgan fingerprint density at radius 3 is 2.96 bits per heavy atom. The van der Waals surface area contributed by atoms with Crippen molar-refractivity contribution in [1.82, 2.24) is 9.97 Å². The molecule has 27 heavy (non-hydrogen) atoms. The number of amides is 1. The minimum atomic E-state index is -0.241. The zero-order valence-electron chi connectivity index (χ0n) is 15.1. The minimum absolute atomic E-state index is 0.241. The summed E-state index contributed by atoms with van der Waals surface area (Å²) in [4.78, 5) is 26.6. The van der Waals surface area contributed by atoms with Gasteiger partial charge in [0.15, 0.2) is 0 Å². The average Bonchev–Trinajstić information content (AvgIpc) is 3.34. The Labute approximate surface area is 161 Å². The van der Waals surface area contributed by atoms with Crippen LogP contribution >= 0.6 is 11.3 Å². The van der Waals surface area contributed by atoms with Gasteiger partial charge in [-0.05, 0) is 35.1 Å². The number of anilines is 2. The normalized spacial score (nSPS) is 16.7. The molecule has 1 fully saturated rings. The van der Waals surface area contributed by atoms with Crippen molar-refractivity contribution in [3.63, 3.8) is 0 Å². The van der Waals surface area contributed by atoms with E-state index < -0.39 is 0 Å². The lowest BCUT2D eigenvalue weighted by Crippen LogP contribution is -2.33. The highest BCUT2D eigenvalue weighted by atomic mass is 32.1. The molecule has 138 valence electrons. The topological polar surface area (TPSA) is 58.6 Å². The van der Waals surface area contributed by atoms with Gasteiger partial charge in [0, 0.05) is 19.5 Å². The summed E-state index contributed by atoms with van der Waals surface area (Å²) in [6, 6.07) is 8.32. The van der Waals surface area contributed by atoms with Gasteiger partial charge in [-0.3, -0.25) is 4.90 Å². The number of aromatic nitrogens is 2. The number of fused-ring (bicyclic) bond motifs is 2. The number of hydrogen-bond acceptors (Lipinski definition) is 6. The third kappa shape index (κ3) is 2.73. The maximum atomic E-state index is 12.0. The van der Waals surface area contributed by atoms with Crippen LogP contribution in [0, 0.1) is 0 Å². The van der Waals surface area contributed by atoms with E-state index in [0.29, 0.717) is 13.2 Å². The third-order valence-electron chi connectivity index (χ3n) is 5.26. The number of carbonyl (C=O) groups is 1. The van der Waals surface area contributed by atoms with E-state index in [1.165, 1.54) is 11.1 Å². The molecule has 1 amide bonds. The van der Waals surface area contributed by atoms with Crippen molar-refractivity contribution < 1.29 is 9.53 Å². The molecule has 3 aromatic rings. The van der Waals surface area contributed by atoms with Gasteiger partial charge in [-0.2, -0.15) is 0 Å². The van der Waals surface area contributed by atoms with Crippen LogP contribution in [0.4, 0.5) is 16.3 Å². The highest BCUT2D eigenvalue weighted by Gasteiger charge is 2.29. The Bertz CT molecular complexity index is 1030. The number of ether oxygens (including phenoxy) is 1. The molecule has 5 rings (SSSR count). The van der Waals surface area contributed by atoms with E-state index >= 15 is 0 Å². The van der Waals surface area contributed by atoms with E-state index in [2.05, 4.69) is 34.3 Å². The van der Waals surface area contributed by atoms with Gasteiger partial charge in [0.1, 0.15) is 23.1 Å². The van der Waals surface area contributed by atoms with E-state index in [4.69, 9.17) is 9.72 Å². The molecule has 0 radical (unpaired) electrons. The summed E-state index contributed by atoms with van der Waals surface area (Å²) in [5, 5.41) is 3.21. The van der Waals surface area contributed by atoms with Crippen LogP contribution in [0.5, 0.6) is 0 Å². The number of nitrogens with zero attached hydrogens (tertiary/aromatic N) is 4. The van der Waals surface area contributed by atoms with Crippen LogP contribution in [-0.4, -0.2) is 35.8 Å². The predicted octanol–water partition coefficient (Wildman–Crippen LogP) is 3.77. The number of carbonyl (C=O) groups excluding carboxylic acids is 1. The Kier molecular flexibility index (Phi) is 3.97. The van der Waals surface area contributed by atoms with Crippen LogP contribution in [0.25, 0.3) is 10.2 Å². The molecule has 1 saturated heterocycles. The first kappa shape index (κ1) is 16.5. The maximum absolute atomic E-state index is 12.0. The number of benzene rings is 1. The van der Waals surface area contributed by atoms with E-state index in [-0.39, 0.29) is 6.09 Å². The van der Waals surface area contributed by atoms with E-state index in [0.717, 1.165) is 53.5 Å². The van der Waals surface area contributed by atoms with Gasteiger partial charge >= 0.3 is 6.09 Å². The fourth-order valence-electron chi connectivity index (χ4n) is 3.92. The van der Waals surface area contributed by atoms with Crippen molar-refractivity contribution in [3.05, 3.63) is 46.6 Å². The molecular formula is C20H20N4O2S. The molecule has 2 aliphatic rings.